The molecule has 0 aliphatic heterocycles. The van der Waals surface area contributed by atoms with Crippen LogP contribution in [0.2, 0.25) is 0 Å². The highest BCUT2D eigenvalue weighted by Gasteiger charge is 2.22. The molecule has 5 nitrogen and oxygen atoms in total. The van der Waals surface area contributed by atoms with Crippen molar-refractivity contribution in [1.29, 1.82) is 0 Å². The van der Waals surface area contributed by atoms with Gasteiger partial charge in [-0.25, -0.2) is 0 Å². The van der Waals surface area contributed by atoms with Gasteiger partial charge in [-0.05, 0) is 63.0 Å². The van der Waals surface area contributed by atoms with Gasteiger partial charge in [-0.2, -0.15) is 0 Å². The molecule has 6 heteroatoms. The number of hydrazine groups is 1. The van der Waals surface area contributed by atoms with Crippen molar-refractivity contribution in [2.45, 2.75) is 45.8 Å². The molecular formula is C15H21N3O2S. The molecule has 0 spiro atoms. The van der Waals surface area contributed by atoms with Crippen LogP contribution in [0.25, 0.3) is 0 Å². The minimum Gasteiger partial charge on any atom is -0.481 e. The Kier molecular flexibility index (Phi) is 5.01. The van der Waals surface area contributed by atoms with Crippen LogP contribution in [0.4, 0.5) is 0 Å². The highest BCUT2D eigenvalue weighted by molar-refractivity contribution is 7.80. The van der Waals surface area contributed by atoms with Crippen LogP contribution in [0.3, 0.4) is 0 Å². The molecule has 1 fully saturated rings. The first-order chi connectivity index (χ1) is 9.97. The molecule has 0 heterocycles. The third-order valence-corrected chi connectivity index (χ3v) is 3.66. The van der Waals surface area contributed by atoms with Gasteiger partial charge in [0, 0.05) is 6.04 Å². The monoisotopic (exact) mass is 307 g/mol. The second-order valence-electron chi connectivity index (χ2n) is 5.32. The van der Waals surface area contributed by atoms with Crippen LogP contribution >= 0.6 is 12.2 Å². The van der Waals surface area contributed by atoms with Crippen LogP contribution in [-0.2, 0) is 4.79 Å². The Morgan fingerprint density at radius 3 is 2.71 bits per heavy atom. The maximum Gasteiger partial charge on any atom is 0.279 e. The first kappa shape index (κ1) is 15.6. The Bertz CT molecular complexity index is 544. The van der Waals surface area contributed by atoms with Gasteiger partial charge in [0.25, 0.3) is 5.91 Å². The van der Waals surface area contributed by atoms with Crippen molar-refractivity contribution in [3.63, 3.8) is 0 Å². The van der Waals surface area contributed by atoms with E-state index in [9.17, 15) is 4.79 Å². The van der Waals surface area contributed by atoms with Gasteiger partial charge in [0.05, 0.1) is 0 Å². The number of hydrogen-bond acceptors (Lipinski definition) is 3. The molecule has 1 amide bonds. The maximum atomic E-state index is 12.0. The van der Waals surface area contributed by atoms with E-state index in [1.54, 1.807) is 6.92 Å². The average molecular weight is 307 g/mol. The number of ether oxygens (including phenoxy) is 1. The molecule has 1 aromatic carbocycles. The van der Waals surface area contributed by atoms with Crippen LogP contribution in [0.1, 0.15) is 30.9 Å². The Morgan fingerprint density at radius 1 is 1.33 bits per heavy atom. The van der Waals surface area contributed by atoms with Crippen molar-refractivity contribution in [1.82, 2.24) is 16.2 Å². The zero-order chi connectivity index (χ0) is 15.4. The SMILES string of the molecule is Cc1cccc(O[C@@H](C)C(=O)NNC(=S)NC2CC2)c1C. The number of carbonyl (C=O) groups excluding carboxylic acids is 1. The predicted molar refractivity (Wildman–Crippen MR) is 86.0 cm³/mol. The third-order valence-electron chi connectivity index (χ3n) is 3.44. The van der Waals surface area contributed by atoms with Crippen molar-refractivity contribution in [2.75, 3.05) is 0 Å². The lowest BCUT2D eigenvalue weighted by atomic mass is 10.1. The third kappa shape index (κ3) is 4.60. The molecule has 0 bridgehead atoms. The minimum atomic E-state index is -0.610. The summed E-state index contributed by atoms with van der Waals surface area (Å²) >= 11 is 5.07. The summed E-state index contributed by atoms with van der Waals surface area (Å²) in [6.07, 6.45) is 1.64. The van der Waals surface area contributed by atoms with Gasteiger partial charge in [0.1, 0.15) is 5.75 Å². The van der Waals surface area contributed by atoms with E-state index in [0.717, 1.165) is 29.7 Å². The van der Waals surface area contributed by atoms with E-state index in [-0.39, 0.29) is 5.91 Å². The lowest BCUT2D eigenvalue weighted by Gasteiger charge is -2.18. The Morgan fingerprint density at radius 2 is 2.05 bits per heavy atom. The Hall–Kier alpha value is -1.82. The van der Waals surface area contributed by atoms with Crippen LogP contribution in [0, 0.1) is 13.8 Å². The van der Waals surface area contributed by atoms with Crippen molar-refractivity contribution >= 4 is 23.2 Å². The van der Waals surface area contributed by atoms with E-state index < -0.39 is 6.10 Å². The lowest BCUT2D eigenvalue weighted by Crippen LogP contribution is -2.50. The predicted octanol–water partition coefficient (Wildman–Crippen LogP) is 1.73. The smallest absolute Gasteiger partial charge is 0.279 e. The molecular weight excluding hydrogens is 286 g/mol. The maximum absolute atomic E-state index is 12.0. The molecule has 1 aromatic rings. The molecule has 1 aliphatic rings. The summed E-state index contributed by atoms with van der Waals surface area (Å²) in [5.41, 5.74) is 7.41. The van der Waals surface area contributed by atoms with E-state index in [4.69, 9.17) is 17.0 Å². The van der Waals surface area contributed by atoms with Gasteiger partial charge in [-0.15, -0.1) is 0 Å². The fraction of sp³-hybridized carbons (Fsp3) is 0.467. The Balaban J connectivity index is 1.81. The first-order valence-corrected chi connectivity index (χ1v) is 7.47. The zero-order valence-electron chi connectivity index (χ0n) is 12.5. The molecule has 114 valence electrons. The van der Waals surface area contributed by atoms with Gasteiger partial charge < -0.3 is 10.1 Å². The molecule has 1 saturated carbocycles. The van der Waals surface area contributed by atoms with Crippen molar-refractivity contribution < 1.29 is 9.53 Å². The summed E-state index contributed by atoms with van der Waals surface area (Å²) in [5.74, 6) is 0.451. The van der Waals surface area contributed by atoms with E-state index >= 15 is 0 Å². The Labute approximate surface area is 130 Å². The fourth-order valence-electron chi connectivity index (χ4n) is 1.76. The molecule has 0 unspecified atom stereocenters. The molecule has 3 N–H and O–H groups in total. The summed E-state index contributed by atoms with van der Waals surface area (Å²) in [7, 11) is 0. The van der Waals surface area contributed by atoms with Crippen molar-refractivity contribution in [2.24, 2.45) is 0 Å². The van der Waals surface area contributed by atoms with Gasteiger partial charge in [0.15, 0.2) is 11.2 Å². The van der Waals surface area contributed by atoms with Gasteiger partial charge >= 0.3 is 0 Å². The fourth-order valence-corrected chi connectivity index (χ4v) is 1.98. The summed E-state index contributed by atoms with van der Waals surface area (Å²) in [4.78, 5) is 12.0. The number of amides is 1. The lowest BCUT2D eigenvalue weighted by molar-refractivity contribution is -0.127. The number of benzene rings is 1. The molecule has 21 heavy (non-hydrogen) atoms. The molecule has 0 aromatic heterocycles. The van der Waals surface area contributed by atoms with E-state index in [1.807, 2.05) is 32.0 Å². The van der Waals surface area contributed by atoms with E-state index in [0.29, 0.717) is 11.2 Å². The van der Waals surface area contributed by atoms with Crippen LogP contribution in [-0.4, -0.2) is 23.2 Å². The zero-order valence-corrected chi connectivity index (χ0v) is 13.3. The van der Waals surface area contributed by atoms with E-state index in [1.165, 1.54) is 0 Å². The first-order valence-electron chi connectivity index (χ1n) is 7.06. The summed E-state index contributed by atoms with van der Waals surface area (Å²) in [6.45, 7) is 5.69. The number of rotatable bonds is 4. The molecule has 1 atom stereocenters. The minimum absolute atomic E-state index is 0.268. The van der Waals surface area contributed by atoms with Gasteiger partial charge in [-0.1, -0.05) is 12.1 Å². The summed E-state index contributed by atoms with van der Waals surface area (Å²) in [5, 5.41) is 3.51. The number of nitrogens with one attached hydrogen (secondary N) is 3. The number of hydrogen-bond donors (Lipinski definition) is 3. The molecule has 0 saturated heterocycles. The summed E-state index contributed by atoms with van der Waals surface area (Å²) in [6, 6.07) is 6.23. The highest BCUT2D eigenvalue weighted by Crippen LogP contribution is 2.21. The van der Waals surface area contributed by atoms with Gasteiger partial charge in [-0.3, -0.25) is 15.6 Å². The van der Waals surface area contributed by atoms with Crippen LogP contribution in [0.5, 0.6) is 5.75 Å². The second kappa shape index (κ2) is 6.76. The highest BCUT2D eigenvalue weighted by atomic mass is 32.1. The standard InChI is InChI=1S/C15H21N3O2S/c1-9-5-4-6-13(10(9)2)20-11(3)14(19)17-18-15(21)16-12-7-8-12/h4-6,11-12H,7-8H2,1-3H3,(H,17,19)(H2,16,18,21)/t11-/m0/s1. The largest absolute Gasteiger partial charge is 0.481 e. The van der Waals surface area contributed by atoms with E-state index in [2.05, 4.69) is 16.2 Å². The second-order valence-corrected chi connectivity index (χ2v) is 5.73. The van der Waals surface area contributed by atoms with Crippen LogP contribution < -0.4 is 20.9 Å². The summed E-state index contributed by atoms with van der Waals surface area (Å²) < 4.78 is 5.70. The van der Waals surface area contributed by atoms with Gasteiger partial charge in [0.2, 0.25) is 0 Å². The molecule has 0 radical (unpaired) electrons. The number of aryl methyl sites for hydroxylation is 1. The van der Waals surface area contributed by atoms with Crippen molar-refractivity contribution in [3.8, 4) is 5.75 Å². The molecule has 2 rings (SSSR count). The number of thiocarbonyl (C=S) groups is 1. The normalized spacial score (nSPS) is 15.0. The topological polar surface area (TPSA) is 62.4 Å². The molecule has 1 aliphatic carbocycles. The average Bonchev–Trinajstić information content (AvgIpc) is 3.25. The van der Waals surface area contributed by atoms with Crippen molar-refractivity contribution in [3.05, 3.63) is 29.3 Å². The quantitative estimate of drug-likeness (QED) is 0.584. The van der Waals surface area contributed by atoms with Crippen LogP contribution in [0.15, 0.2) is 18.2 Å². The number of carbonyl (C=O) groups is 1.